The van der Waals surface area contributed by atoms with E-state index in [1.165, 1.54) is 0 Å². The first-order valence-electron chi connectivity index (χ1n) is 3.94. The molecule has 0 saturated carbocycles. The quantitative estimate of drug-likeness (QED) is 0.644. The van der Waals surface area contributed by atoms with Crippen LogP contribution in [0.1, 0.15) is 6.42 Å². The van der Waals surface area contributed by atoms with Gasteiger partial charge in [0.05, 0.1) is 11.4 Å². The number of thioether (sulfide) groups is 1. The molecule has 0 aliphatic carbocycles. The first kappa shape index (κ1) is 7.86. The highest BCUT2D eigenvalue weighted by Crippen LogP contribution is 2.39. The molecule has 0 aromatic heterocycles. The zero-order chi connectivity index (χ0) is 8.55. The van der Waals surface area contributed by atoms with Crippen LogP contribution in [0.25, 0.3) is 0 Å². The maximum absolute atomic E-state index is 10.8. The predicted molar refractivity (Wildman–Crippen MR) is 50.1 cm³/mol. The second kappa shape index (κ2) is 2.94. The maximum atomic E-state index is 10.8. The van der Waals surface area contributed by atoms with Crippen molar-refractivity contribution in [2.75, 3.05) is 6.54 Å². The van der Waals surface area contributed by atoms with E-state index in [-0.39, 0.29) is 5.91 Å². The number of rotatable bonds is 1. The number of hydrogen-bond donors (Lipinski definition) is 1. The largest absolute Gasteiger partial charge is 0.365 e. The van der Waals surface area contributed by atoms with Gasteiger partial charge in [0.15, 0.2) is 0 Å². The van der Waals surface area contributed by atoms with E-state index >= 15 is 0 Å². The summed E-state index contributed by atoms with van der Waals surface area (Å²) in [5.41, 5.74) is 5.18. The highest BCUT2D eigenvalue weighted by Gasteiger charge is 2.31. The third kappa shape index (κ3) is 1.27. The molecule has 0 aromatic carbocycles. The molecule has 2 heterocycles. The van der Waals surface area contributed by atoms with Crippen molar-refractivity contribution in [3.63, 3.8) is 0 Å². The number of amides is 1. The summed E-state index contributed by atoms with van der Waals surface area (Å²) in [6.45, 7) is 0.822. The minimum absolute atomic E-state index is 0.297. The molecule has 0 radical (unpaired) electrons. The molecule has 12 heavy (non-hydrogen) atoms. The molecule has 3 nitrogen and oxygen atoms in total. The van der Waals surface area contributed by atoms with Gasteiger partial charge in [0.25, 0.3) is 5.91 Å². The van der Waals surface area contributed by atoms with Crippen LogP contribution in [0.4, 0.5) is 0 Å². The Hall–Kier alpha value is -0.770. The fourth-order valence-corrected chi connectivity index (χ4v) is 2.72. The standard InChI is InChI=1S/C8H10N2OS/c9-8(11)6-3-5-1-2-10-4-7(5)12-6/h2-3,5,7H,1,4H2,(H2,9,11). The second-order valence-corrected chi connectivity index (χ2v) is 4.28. The molecule has 0 fully saturated rings. The Morgan fingerprint density at radius 1 is 1.75 bits per heavy atom. The van der Waals surface area contributed by atoms with Gasteiger partial charge in [0, 0.05) is 5.25 Å². The lowest BCUT2D eigenvalue weighted by Crippen LogP contribution is -2.19. The number of aliphatic imine (C=N–C) groups is 1. The Morgan fingerprint density at radius 3 is 3.25 bits per heavy atom. The van der Waals surface area contributed by atoms with E-state index in [4.69, 9.17) is 5.73 Å². The number of primary amides is 1. The van der Waals surface area contributed by atoms with Crippen LogP contribution in [0.3, 0.4) is 0 Å². The molecule has 2 unspecified atom stereocenters. The number of nitrogens with two attached hydrogens (primary N) is 1. The molecule has 1 amide bonds. The van der Waals surface area contributed by atoms with Gasteiger partial charge < -0.3 is 5.73 Å². The topological polar surface area (TPSA) is 55.5 Å². The van der Waals surface area contributed by atoms with Crippen LogP contribution < -0.4 is 5.73 Å². The van der Waals surface area contributed by atoms with E-state index in [2.05, 4.69) is 4.99 Å². The highest BCUT2D eigenvalue weighted by molar-refractivity contribution is 8.04. The summed E-state index contributed by atoms with van der Waals surface area (Å²) < 4.78 is 0. The fourth-order valence-electron chi connectivity index (χ4n) is 1.50. The number of carbonyl (C=O) groups excluding carboxylic acids is 1. The van der Waals surface area contributed by atoms with E-state index in [0.29, 0.717) is 11.2 Å². The van der Waals surface area contributed by atoms with Crippen molar-refractivity contribution in [1.82, 2.24) is 0 Å². The molecule has 0 spiro atoms. The van der Waals surface area contributed by atoms with E-state index < -0.39 is 0 Å². The highest BCUT2D eigenvalue weighted by atomic mass is 32.2. The van der Waals surface area contributed by atoms with Crippen molar-refractivity contribution in [3.05, 3.63) is 11.0 Å². The van der Waals surface area contributed by atoms with Crippen LogP contribution >= 0.6 is 11.8 Å². The maximum Gasteiger partial charge on any atom is 0.254 e. The van der Waals surface area contributed by atoms with Crippen LogP contribution in [0, 0.1) is 5.92 Å². The van der Waals surface area contributed by atoms with Crippen molar-refractivity contribution < 1.29 is 4.79 Å². The lowest BCUT2D eigenvalue weighted by molar-refractivity contribution is -0.113. The number of fused-ring (bicyclic) bond motifs is 1. The average Bonchev–Trinajstić information content (AvgIpc) is 2.46. The number of allylic oxidation sites excluding steroid dienone is 1. The fraction of sp³-hybridized carbons (Fsp3) is 0.500. The molecule has 0 bridgehead atoms. The van der Waals surface area contributed by atoms with Gasteiger partial charge in [-0.1, -0.05) is 6.08 Å². The Kier molecular flexibility index (Phi) is 1.92. The lowest BCUT2D eigenvalue weighted by Gasteiger charge is -2.17. The van der Waals surface area contributed by atoms with Crippen LogP contribution in [0.2, 0.25) is 0 Å². The van der Waals surface area contributed by atoms with Crippen LogP contribution in [0.5, 0.6) is 0 Å². The molecule has 2 aliphatic rings. The minimum Gasteiger partial charge on any atom is -0.365 e. The molecule has 64 valence electrons. The molecule has 0 aromatic rings. The monoisotopic (exact) mass is 182 g/mol. The van der Waals surface area contributed by atoms with Crippen molar-refractivity contribution in [2.24, 2.45) is 16.6 Å². The Morgan fingerprint density at radius 2 is 2.58 bits per heavy atom. The average molecular weight is 182 g/mol. The summed E-state index contributed by atoms with van der Waals surface area (Å²) in [6.07, 6.45) is 4.87. The minimum atomic E-state index is -0.297. The number of carbonyl (C=O) groups is 1. The van der Waals surface area contributed by atoms with Crippen LogP contribution in [0.15, 0.2) is 16.0 Å². The van der Waals surface area contributed by atoms with Gasteiger partial charge in [-0.05, 0) is 18.6 Å². The molecular formula is C8H10N2OS. The van der Waals surface area contributed by atoms with Crippen LogP contribution in [-0.4, -0.2) is 23.9 Å². The molecule has 4 heteroatoms. The third-order valence-electron chi connectivity index (χ3n) is 2.16. The molecule has 2 rings (SSSR count). The van der Waals surface area contributed by atoms with Gasteiger partial charge in [-0.25, -0.2) is 0 Å². The normalized spacial score (nSPS) is 32.8. The molecule has 0 saturated heterocycles. The first-order valence-corrected chi connectivity index (χ1v) is 4.82. The second-order valence-electron chi connectivity index (χ2n) is 3.00. The Bertz CT molecular complexity index is 272. The van der Waals surface area contributed by atoms with Gasteiger partial charge >= 0.3 is 0 Å². The summed E-state index contributed by atoms with van der Waals surface area (Å²) >= 11 is 1.58. The summed E-state index contributed by atoms with van der Waals surface area (Å²) in [7, 11) is 0. The van der Waals surface area contributed by atoms with E-state index in [1.807, 2.05) is 12.3 Å². The van der Waals surface area contributed by atoms with Gasteiger partial charge in [0.1, 0.15) is 0 Å². The van der Waals surface area contributed by atoms with E-state index in [1.54, 1.807) is 11.8 Å². The summed E-state index contributed by atoms with van der Waals surface area (Å²) in [4.78, 5) is 15.7. The Balaban J connectivity index is 2.13. The zero-order valence-electron chi connectivity index (χ0n) is 6.56. The predicted octanol–water partition coefficient (Wildman–Crippen LogP) is 0.562. The molecular weight excluding hydrogens is 172 g/mol. The summed E-state index contributed by atoms with van der Waals surface area (Å²) in [6, 6.07) is 0. The Labute approximate surface area is 75.1 Å². The van der Waals surface area contributed by atoms with E-state index in [9.17, 15) is 4.79 Å². The van der Waals surface area contributed by atoms with Gasteiger partial charge in [-0.15, -0.1) is 11.8 Å². The summed E-state index contributed by atoms with van der Waals surface area (Å²) in [5, 5.41) is 0.456. The number of hydrogen-bond acceptors (Lipinski definition) is 3. The van der Waals surface area contributed by atoms with Crippen LogP contribution in [-0.2, 0) is 4.79 Å². The van der Waals surface area contributed by atoms with Gasteiger partial charge in [-0.3, -0.25) is 9.79 Å². The van der Waals surface area contributed by atoms with E-state index in [0.717, 1.165) is 17.9 Å². The van der Waals surface area contributed by atoms with Crippen molar-refractivity contribution in [1.29, 1.82) is 0 Å². The summed E-state index contributed by atoms with van der Waals surface area (Å²) in [5.74, 6) is 0.185. The molecule has 2 aliphatic heterocycles. The lowest BCUT2D eigenvalue weighted by atomic mass is 9.99. The van der Waals surface area contributed by atoms with Crippen molar-refractivity contribution >= 4 is 23.9 Å². The number of nitrogens with zero attached hydrogens (tertiary/aromatic N) is 1. The van der Waals surface area contributed by atoms with Gasteiger partial charge in [-0.2, -0.15) is 0 Å². The van der Waals surface area contributed by atoms with Crippen molar-refractivity contribution in [3.8, 4) is 0 Å². The molecule has 2 N–H and O–H groups in total. The third-order valence-corrected chi connectivity index (χ3v) is 3.55. The zero-order valence-corrected chi connectivity index (χ0v) is 7.38. The smallest absolute Gasteiger partial charge is 0.254 e. The molecule has 2 atom stereocenters. The first-order chi connectivity index (χ1) is 5.77. The van der Waals surface area contributed by atoms with Gasteiger partial charge in [0.2, 0.25) is 0 Å². The van der Waals surface area contributed by atoms with Crippen molar-refractivity contribution in [2.45, 2.75) is 11.7 Å². The SMILES string of the molecule is NC(=O)C1=CC2CC=NCC2S1.